The minimum absolute atomic E-state index is 0.0517. The monoisotopic (exact) mass is 265 g/mol. The summed E-state index contributed by atoms with van der Waals surface area (Å²) in [5.41, 5.74) is 4.25. The summed E-state index contributed by atoms with van der Waals surface area (Å²) in [7, 11) is 0. The first-order valence-electron chi connectivity index (χ1n) is 6.54. The van der Waals surface area contributed by atoms with Gasteiger partial charge in [0.25, 0.3) is 5.91 Å². The second-order valence-corrected chi connectivity index (χ2v) is 4.79. The molecule has 1 N–H and O–H groups in total. The highest BCUT2D eigenvalue weighted by atomic mass is 16.2. The van der Waals surface area contributed by atoms with Gasteiger partial charge in [0.1, 0.15) is 0 Å². The average molecular weight is 265 g/mol. The van der Waals surface area contributed by atoms with Gasteiger partial charge in [-0.1, -0.05) is 35.9 Å². The van der Waals surface area contributed by atoms with E-state index >= 15 is 0 Å². The summed E-state index contributed by atoms with van der Waals surface area (Å²) in [5, 5.41) is 9.23. The zero-order valence-electron chi connectivity index (χ0n) is 11.2. The fourth-order valence-corrected chi connectivity index (χ4v) is 2.48. The van der Waals surface area contributed by atoms with E-state index in [1.54, 1.807) is 11.0 Å². The van der Waals surface area contributed by atoms with Gasteiger partial charge in [0, 0.05) is 16.8 Å². The van der Waals surface area contributed by atoms with Crippen LogP contribution in [0.2, 0.25) is 0 Å². The Morgan fingerprint density at radius 1 is 1.05 bits per heavy atom. The second kappa shape index (κ2) is 4.94. The summed E-state index contributed by atoms with van der Waals surface area (Å²) in [6.45, 7) is 1.91. The Bertz CT molecular complexity index is 686. The van der Waals surface area contributed by atoms with Crippen molar-refractivity contribution in [2.24, 2.45) is 0 Å². The molecule has 1 aliphatic heterocycles. The predicted molar refractivity (Wildman–Crippen MR) is 79.5 cm³/mol. The molecule has 0 aliphatic carbocycles. The molecular formula is C17H15NO2. The highest BCUT2D eigenvalue weighted by Gasteiger charge is 2.32. The molecule has 0 fully saturated rings. The fraction of sp³-hybridized carbons (Fsp3) is 0.118. The van der Waals surface area contributed by atoms with Crippen molar-refractivity contribution in [2.75, 3.05) is 11.5 Å². The van der Waals surface area contributed by atoms with Gasteiger partial charge in [0.2, 0.25) is 0 Å². The first-order chi connectivity index (χ1) is 9.72. The van der Waals surface area contributed by atoms with Crippen LogP contribution in [0.15, 0.2) is 54.6 Å². The number of benzene rings is 2. The Hall–Kier alpha value is -2.39. The number of aryl methyl sites for hydroxylation is 1. The van der Waals surface area contributed by atoms with Gasteiger partial charge in [-0.25, -0.2) is 0 Å². The molecule has 2 aromatic carbocycles. The van der Waals surface area contributed by atoms with Gasteiger partial charge in [-0.05, 0) is 31.2 Å². The summed E-state index contributed by atoms with van der Waals surface area (Å²) in [6, 6.07) is 15.3. The second-order valence-electron chi connectivity index (χ2n) is 4.79. The lowest BCUT2D eigenvalue weighted by Crippen LogP contribution is -2.22. The SMILES string of the molecule is Cc1ccc(N2C(=O)c3ccccc3/C2=C/CO)cc1. The van der Waals surface area contributed by atoms with Gasteiger partial charge >= 0.3 is 0 Å². The van der Waals surface area contributed by atoms with Crippen molar-refractivity contribution in [3.05, 3.63) is 71.3 Å². The van der Waals surface area contributed by atoms with Crippen molar-refractivity contribution in [2.45, 2.75) is 6.92 Å². The van der Waals surface area contributed by atoms with Crippen molar-refractivity contribution in [1.29, 1.82) is 0 Å². The number of nitrogens with zero attached hydrogens (tertiary/aromatic N) is 1. The maximum absolute atomic E-state index is 12.6. The van der Waals surface area contributed by atoms with E-state index in [-0.39, 0.29) is 12.5 Å². The average Bonchev–Trinajstić information content (AvgIpc) is 2.74. The quantitative estimate of drug-likeness (QED) is 0.906. The van der Waals surface area contributed by atoms with E-state index < -0.39 is 0 Å². The van der Waals surface area contributed by atoms with Crippen molar-refractivity contribution < 1.29 is 9.90 Å². The molecule has 20 heavy (non-hydrogen) atoms. The molecule has 0 saturated heterocycles. The van der Waals surface area contributed by atoms with Crippen LogP contribution in [-0.2, 0) is 0 Å². The zero-order valence-corrected chi connectivity index (χ0v) is 11.2. The molecule has 0 aromatic heterocycles. The van der Waals surface area contributed by atoms with Crippen LogP contribution < -0.4 is 4.90 Å². The zero-order chi connectivity index (χ0) is 14.1. The number of carbonyl (C=O) groups excluding carboxylic acids is 1. The lowest BCUT2D eigenvalue weighted by molar-refractivity contribution is 0.101. The van der Waals surface area contributed by atoms with Gasteiger partial charge in [0.15, 0.2) is 0 Å². The van der Waals surface area contributed by atoms with Crippen LogP contribution in [0.3, 0.4) is 0 Å². The number of fused-ring (bicyclic) bond motifs is 1. The van der Waals surface area contributed by atoms with E-state index in [0.29, 0.717) is 5.56 Å². The molecule has 0 saturated carbocycles. The minimum atomic E-state index is -0.0979. The molecule has 2 aromatic rings. The maximum Gasteiger partial charge on any atom is 0.263 e. The van der Waals surface area contributed by atoms with Crippen LogP contribution in [0.5, 0.6) is 0 Å². The van der Waals surface area contributed by atoms with Crippen LogP contribution in [0.1, 0.15) is 21.5 Å². The molecule has 3 rings (SSSR count). The van der Waals surface area contributed by atoms with E-state index in [1.165, 1.54) is 0 Å². The summed E-state index contributed by atoms with van der Waals surface area (Å²) >= 11 is 0. The van der Waals surface area contributed by atoms with E-state index in [9.17, 15) is 9.90 Å². The van der Waals surface area contributed by atoms with Crippen LogP contribution in [0.4, 0.5) is 5.69 Å². The summed E-state index contributed by atoms with van der Waals surface area (Å²) in [6.07, 6.45) is 1.67. The number of amides is 1. The normalized spacial score (nSPS) is 15.8. The largest absolute Gasteiger partial charge is 0.392 e. The van der Waals surface area contributed by atoms with Crippen molar-refractivity contribution in [1.82, 2.24) is 0 Å². The number of hydrogen-bond acceptors (Lipinski definition) is 2. The van der Waals surface area contributed by atoms with Gasteiger partial charge < -0.3 is 5.11 Å². The molecule has 1 heterocycles. The van der Waals surface area contributed by atoms with Gasteiger partial charge in [-0.3, -0.25) is 9.69 Å². The Morgan fingerprint density at radius 3 is 2.35 bits per heavy atom. The molecule has 1 amide bonds. The molecule has 0 bridgehead atoms. The summed E-state index contributed by atoms with van der Waals surface area (Å²) < 4.78 is 0. The highest BCUT2D eigenvalue weighted by molar-refractivity contribution is 6.22. The third-order valence-electron chi connectivity index (χ3n) is 3.45. The molecule has 0 radical (unpaired) electrons. The number of hydrogen-bond donors (Lipinski definition) is 1. The molecule has 0 unspecified atom stereocenters. The molecule has 1 aliphatic rings. The van der Waals surface area contributed by atoms with Crippen molar-refractivity contribution in [3.8, 4) is 0 Å². The lowest BCUT2D eigenvalue weighted by Gasteiger charge is -2.18. The molecule has 3 heteroatoms. The topological polar surface area (TPSA) is 40.5 Å². The Balaban J connectivity index is 2.14. The maximum atomic E-state index is 12.6. The van der Waals surface area contributed by atoms with Crippen molar-refractivity contribution in [3.63, 3.8) is 0 Å². The molecular weight excluding hydrogens is 250 g/mol. The summed E-state index contributed by atoms with van der Waals surface area (Å²) in [5.74, 6) is -0.0517. The number of carbonyl (C=O) groups is 1. The van der Waals surface area contributed by atoms with E-state index in [4.69, 9.17) is 0 Å². The summed E-state index contributed by atoms with van der Waals surface area (Å²) in [4.78, 5) is 14.2. The van der Waals surface area contributed by atoms with Crippen LogP contribution in [0.25, 0.3) is 5.70 Å². The third kappa shape index (κ3) is 1.92. The van der Waals surface area contributed by atoms with Gasteiger partial charge in [-0.15, -0.1) is 0 Å². The standard InChI is InChI=1S/C17H15NO2/c1-12-6-8-13(9-7-12)18-16(10-11-19)14-4-2-3-5-15(14)17(18)20/h2-10,19H,11H2,1H3/b16-10-. The third-order valence-corrected chi connectivity index (χ3v) is 3.45. The number of aliphatic hydroxyl groups is 1. The first-order valence-corrected chi connectivity index (χ1v) is 6.54. The predicted octanol–water partition coefficient (Wildman–Crippen LogP) is 2.99. The Morgan fingerprint density at radius 2 is 1.70 bits per heavy atom. The molecule has 100 valence electrons. The van der Waals surface area contributed by atoms with E-state index in [1.807, 2.05) is 55.5 Å². The molecule has 0 atom stereocenters. The number of anilines is 1. The smallest absolute Gasteiger partial charge is 0.263 e. The first kappa shape index (κ1) is 12.6. The van der Waals surface area contributed by atoms with Crippen LogP contribution >= 0.6 is 0 Å². The van der Waals surface area contributed by atoms with Crippen LogP contribution in [-0.4, -0.2) is 17.6 Å². The molecule has 0 spiro atoms. The molecule has 3 nitrogen and oxygen atoms in total. The minimum Gasteiger partial charge on any atom is -0.392 e. The highest BCUT2D eigenvalue weighted by Crippen LogP contribution is 2.36. The lowest BCUT2D eigenvalue weighted by atomic mass is 10.1. The Kier molecular flexibility index (Phi) is 3.12. The van der Waals surface area contributed by atoms with E-state index in [0.717, 1.165) is 22.5 Å². The van der Waals surface area contributed by atoms with E-state index in [2.05, 4.69) is 0 Å². The van der Waals surface area contributed by atoms with Crippen molar-refractivity contribution >= 4 is 17.3 Å². The number of aliphatic hydroxyl groups excluding tert-OH is 1. The van der Waals surface area contributed by atoms with Crippen LogP contribution in [0, 0.1) is 6.92 Å². The fourth-order valence-electron chi connectivity index (χ4n) is 2.48. The number of rotatable bonds is 2. The van der Waals surface area contributed by atoms with Gasteiger partial charge in [-0.2, -0.15) is 0 Å². The Labute approximate surface area is 117 Å². The van der Waals surface area contributed by atoms with Gasteiger partial charge in [0.05, 0.1) is 12.3 Å².